The van der Waals surface area contributed by atoms with E-state index >= 15 is 0 Å². The molecule has 1 fully saturated rings. The molecule has 146 valence electrons. The lowest BCUT2D eigenvalue weighted by Crippen LogP contribution is -2.29. The van der Waals surface area contributed by atoms with Gasteiger partial charge < -0.3 is 14.2 Å². The zero-order valence-corrected chi connectivity index (χ0v) is 16.5. The van der Waals surface area contributed by atoms with Gasteiger partial charge in [0.05, 0.1) is 18.2 Å². The van der Waals surface area contributed by atoms with Crippen molar-refractivity contribution in [2.24, 2.45) is 0 Å². The van der Waals surface area contributed by atoms with Crippen molar-refractivity contribution in [1.29, 1.82) is 0 Å². The average molecular weight is 378 g/mol. The molecule has 1 aromatic carbocycles. The smallest absolute Gasteiger partial charge is 0.257 e. The number of imidazole rings is 1. The highest BCUT2D eigenvalue weighted by Crippen LogP contribution is 2.30. The number of rotatable bonds is 6. The molecular weight excluding hydrogens is 352 g/mol. The maximum absolute atomic E-state index is 13.1. The first-order chi connectivity index (χ1) is 13.7. The normalized spacial score (nSPS) is 16.6. The van der Waals surface area contributed by atoms with E-state index < -0.39 is 0 Å². The summed E-state index contributed by atoms with van der Waals surface area (Å²) in [5, 5.41) is 0. The number of carbonyl (C=O) groups excluding carboxylic acids is 1. The Hall–Kier alpha value is -2.89. The molecule has 0 aliphatic carbocycles. The van der Waals surface area contributed by atoms with E-state index in [2.05, 4.69) is 16.5 Å². The number of likely N-dealkylation sites (tertiary alicyclic amines) is 1. The highest BCUT2D eigenvalue weighted by molar-refractivity contribution is 5.97. The summed E-state index contributed by atoms with van der Waals surface area (Å²) in [6, 6.07) is 11.6. The molecule has 1 saturated heterocycles. The summed E-state index contributed by atoms with van der Waals surface area (Å²) in [5.74, 6) is 1.74. The van der Waals surface area contributed by atoms with E-state index in [0.717, 1.165) is 42.8 Å². The molecule has 0 bridgehead atoms. The van der Waals surface area contributed by atoms with Crippen LogP contribution in [0.5, 0.6) is 5.75 Å². The molecule has 0 spiro atoms. The predicted molar refractivity (Wildman–Crippen MR) is 109 cm³/mol. The predicted octanol–water partition coefficient (Wildman–Crippen LogP) is 3.87. The number of aryl methyl sites for hydroxylation is 1. The molecule has 3 aromatic rings. The van der Waals surface area contributed by atoms with Gasteiger partial charge in [0.25, 0.3) is 5.91 Å². The van der Waals surface area contributed by atoms with Crippen molar-refractivity contribution in [3.63, 3.8) is 0 Å². The molecule has 6 nitrogen and oxygen atoms in total. The minimum absolute atomic E-state index is 0.0287. The van der Waals surface area contributed by atoms with E-state index in [9.17, 15) is 4.79 Å². The Morgan fingerprint density at radius 1 is 1.21 bits per heavy atom. The van der Waals surface area contributed by atoms with Gasteiger partial charge in [-0.25, -0.2) is 9.97 Å². The minimum Gasteiger partial charge on any atom is -0.493 e. The van der Waals surface area contributed by atoms with Crippen LogP contribution in [-0.4, -0.2) is 45.0 Å². The highest BCUT2D eigenvalue weighted by atomic mass is 16.5. The Morgan fingerprint density at radius 2 is 2.07 bits per heavy atom. The highest BCUT2D eigenvalue weighted by Gasteiger charge is 2.31. The van der Waals surface area contributed by atoms with Crippen LogP contribution in [0.2, 0.25) is 0 Å². The maximum atomic E-state index is 13.1. The summed E-state index contributed by atoms with van der Waals surface area (Å²) in [7, 11) is 0. The lowest BCUT2D eigenvalue weighted by Gasteiger charge is -2.20. The third kappa shape index (κ3) is 3.35. The number of aromatic nitrogens is 3. The fraction of sp³-hybridized carbons (Fsp3) is 0.409. The van der Waals surface area contributed by atoms with Crippen LogP contribution >= 0.6 is 0 Å². The van der Waals surface area contributed by atoms with Crippen molar-refractivity contribution >= 4 is 17.1 Å². The number of fused-ring (bicyclic) bond motifs is 1. The van der Waals surface area contributed by atoms with Gasteiger partial charge in [0, 0.05) is 25.7 Å². The van der Waals surface area contributed by atoms with E-state index in [4.69, 9.17) is 9.72 Å². The van der Waals surface area contributed by atoms with E-state index in [1.165, 1.54) is 0 Å². The number of nitrogens with zero attached hydrogens (tertiary/aromatic N) is 4. The molecule has 0 N–H and O–H groups in total. The number of para-hydroxylation sites is 1. The molecule has 1 amide bonds. The third-order valence-electron chi connectivity index (χ3n) is 5.23. The zero-order valence-electron chi connectivity index (χ0n) is 16.5. The number of amides is 1. The zero-order chi connectivity index (χ0) is 19.5. The molecular formula is C22H26N4O2. The van der Waals surface area contributed by atoms with Gasteiger partial charge in [-0.3, -0.25) is 4.79 Å². The van der Waals surface area contributed by atoms with Crippen LogP contribution < -0.4 is 4.74 Å². The van der Waals surface area contributed by atoms with Gasteiger partial charge in [0.15, 0.2) is 5.65 Å². The van der Waals surface area contributed by atoms with Gasteiger partial charge in [0.2, 0.25) is 0 Å². The number of ether oxygens (including phenoxy) is 1. The van der Waals surface area contributed by atoms with Crippen LogP contribution in [0.25, 0.3) is 11.2 Å². The molecule has 1 aliphatic rings. The number of hydrogen-bond acceptors (Lipinski definition) is 4. The minimum atomic E-state index is 0.0287. The van der Waals surface area contributed by atoms with Gasteiger partial charge in [-0.1, -0.05) is 19.1 Å². The van der Waals surface area contributed by atoms with Gasteiger partial charge in [-0.2, -0.15) is 0 Å². The van der Waals surface area contributed by atoms with Gasteiger partial charge in [-0.15, -0.1) is 0 Å². The van der Waals surface area contributed by atoms with E-state index in [1.807, 2.05) is 54.4 Å². The second kappa shape index (κ2) is 8.00. The lowest BCUT2D eigenvalue weighted by molar-refractivity contribution is 0.0783. The third-order valence-corrected chi connectivity index (χ3v) is 5.23. The Bertz CT molecular complexity index is 982. The number of hydrogen-bond donors (Lipinski definition) is 0. The lowest BCUT2D eigenvalue weighted by atomic mass is 10.1. The number of benzene rings is 1. The van der Waals surface area contributed by atoms with E-state index in [1.54, 1.807) is 0 Å². The van der Waals surface area contributed by atoms with Gasteiger partial charge in [0.1, 0.15) is 17.1 Å². The summed E-state index contributed by atoms with van der Waals surface area (Å²) in [6.07, 6.45) is 4.65. The van der Waals surface area contributed by atoms with Crippen LogP contribution in [0.3, 0.4) is 0 Å². The number of pyridine rings is 1. The summed E-state index contributed by atoms with van der Waals surface area (Å²) in [6.45, 7) is 6.02. The Balaban J connectivity index is 1.61. The average Bonchev–Trinajstić information content (AvgIpc) is 3.32. The summed E-state index contributed by atoms with van der Waals surface area (Å²) >= 11 is 0. The molecule has 2 aromatic heterocycles. The Kier molecular flexibility index (Phi) is 5.28. The summed E-state index contributed by atoms with van der Waals surface area (Å²) < 4.78 is 7.90. The fourth-order valence-electron chi connectivity index (χ4n) is 3.99. The van der Waals surface area contributed by atoms with E-state index in [-0.39, 0.29) is 11.9 Å². The molecule has 1 atom stereocenters. The van der Waals surface area contributed by atoms with Gasteiger partial charge in [-0.05, 0) is 44.0 Å². The number of carbonyl (C=O) groups is 1. The van der Waals surface area contributed by atoms with Crippen LogP contribution in [0.4, 0.5) is 0 Å². The molecule has 6 heteroatoms. The Morgan fingerprint density at radius 3 is 2.89 bits per heavy atom. The van der Waals surface area contributed by atoms with Crippen molar-refractivity contribution in [2.75, 3.05) is 19.7 Å². The van der Waals surface area contributed by atoms with E-state index in [0.29, 0.717) is 24.5 Å². The molecule has 1 aliphatic heterocycles. The first-order valence-electron chi connectivity index (χ1n) is 10.1. The maximum Gasteiger partial charge on any atom is 0.257 e. The molecule has 4 rings (SSSR count). The van der Waals surface area contributed by atoms with Crippen molar-refractivity contribution in [2.45, 2.75) is 39.2 Å². The molecule has 0 saturated carbocycles. The molecule has 0 radical (unpaired) electrons. The molecule has 28 heavy (non-hydrogen) atoms. The van der Waals surface area contributed by atoms with Crippen molar-refractivity contribution in [1.82, 2.24) is 19.4 Å². The fourth-order valence-corrected chi connectivity index (χ4v) is 3.99. The molecule has 0 unspecified atom stereocenters. The summed E-state index contributed by atoms with van der Waals surface area (Å²) in [4.78, 5) is 24.4. The topological polar surface area (TPSA) is 60.2 Å². The van der Waals surface area contributed by atoms with Crippen molar-refractivity contribution < 1.29 is 9.53 Å². The first-order valence-corrected chi connectivity index (χ1v) is 10.1. The standard InChI is InChI=1S/C22H26N4O2/c1-3-8-20-24-18-10-7-13-23-21(18)26(20)16-12-14-25(15-16)22(27)17-9-5-6-11-19(17)28-4-2/h5-7,9-11,13,16H,3-4,8,12,14-15H2,1-2H3/t16-/m1/s1. The first kappa shape index (κ1) is 18.5. The summed E-state index contributed by atoms with van der Waals surface area (Å²) in [5.41, 5.74) is 2.48. The van der Waals surface area contributed by atoms with Crippen LogP contribution in [0.15, 0.2) is 42.6 Å². The van der Waals surface area contributed by atoms with Crippen LogP contribution in [0.1, 0.15) is 48.9 Å². The monoisotopic (exact) mass is 378 g/mol. The van der Waals surface area contributed by atoms with Crippen molar-refractivity contribution in [3.05, 3.63) is 54.0 Å². The van der Waals surface area contributed by atoms with Gasteiger partial charge >= 0.3 is 0 Å². The van der Waals surface area contributed by atoms with Crippen LogP contribution in [0, 0.1) is 0 Å². The second-order valence-electron chi connectivity index (χ2n) is 7.12. The molecule has 3 heterocycles. The second-order valence-corrected chi connectivity index (χ2v) is 7.12. The van der Waals surface area contributed by atoms with Crippen LogP contribution in [-0.2, 0) is 6.42 Å². The van der Waals surface area contributed by atoms with Crippen molar-refractivity contribution in [3.8, 4) is 5.75 Å². The quantitative estimate of drug-likeness (QED) is 0.653. The SMILES string of the molecule is CCCc1nc2cccnc2n1[C@@H]1CCN(C(=O)c2ccccc2OCC)C1. The largest absolute Gasteiger partial charge is 0.493 e. The Labute approximate surface area is 165 Å².